The predicted octanol–water partition coefficient (Wildman–Crippen LogP) is 2.71. The fraction of sp³-hybridized carbons (Fsp3) is 0.400. The van der Waals surface area contributed by atoms with E-state index < -0.39 is 5.92 Å². The first-order valence-corrected chi connectivity index (χ1v) is 10.9. The summed E-state index contributed by atoms with van der Waals surface area (Å²) in [5.74, 6) is -1.02. The van der Waals surface area contributed by atoms with Crippen molar-refractivity contribution in [2.24, 2.45) is 4.99 Å². The summed E-state index contributed by atoms with van der Waals surface area (Å²) in [5, 5.41) is 0. The number of hydrogen-bond acceptors (Lipinski definition) is 3. The molecule has 1 fully saturated rings. The molecule has 0 bridgehead atoms. The normalized spacial score (nSPS) is 24.0. The van der Waals surface area contributed by atoms with Crippen molar-refractivity contribution >= 4 is 23.7 Å². The molecule has 0 spiro atoms. The van der Waals surface area contributed by atoms with Crippen LogP contribution < -0.4 is 9.80 Å². The van der Waals surface area contributed by atoms with E-state index in [0.717, 1.165) is 29.8 Å². The van der Waals surface area contributed by atoms with Crippen molar-refractivity contribution in [3.05, 3.63) is 64.7 Å². The van der Waals surface area contributed by atoms with E-state index in [2.05, 4.69) is 6.92 Å². The van der Waals surface area contributed by atoms with E-state index in [9.17, 15) is 9.59 Å². The summed E-state index contributed by atoms with van der Waals surface area (Å²) in [7, 11) is 0. The van der Waals surface area contributed by atoms with E-state index in [4.69, 9.17) is 4.99 Å². The lowest BCUT2D eigenvalue weighted by molar-refractivity contribution is -0.908. The molecule has 2 aliphatic rings. The Balaban J connectivity index is 1.67. The number of aliphatic imine (C=N–C) groups is 1. The maximum atomic E-state index is 13.5. The van der Waals surface area contributed by atoms with Gasteiger partial charge in [0.25, 0.3) is 5.91 Å². The van der Waals surface area contributed by atoms with E-state index >= 15 is 0 Å². The van der Waals surface area contributed by atoms with Crippen molar-refractivity contribution in [2.75, 3.05) is 24.5 Å². The molecule has 2 unspecified atom stereocenters. The van der Waals surface area contributed by atoms with Crippen molar-refractivity contribution in [3.8, 4) is 0 Å². The number of imide groups is 1. The summed E-state index contributed by atoms with van der Waals surface area (Å²) in [4.78, 5) is 34.4. The van der Waals surface area contributed by atoms with Crippen molar-refractivity contribution in [3.63, 3.8) is 0 Å². The number of likely N-dealkylation sites (N-methyl/N-ethyl adjacent to an activating group) is 1. The van der Waals surface area contributed by atoms with Gasteiger partial charge in [-0.3, -0.25) is 14.6 Å². The molecule has 1 N–H and O–H groups in total. The lowest BCUT2D eigenvalue weighted by Crippen LogP contribution is -3.13. The Kier molecular flexibility index (Phi) is 5.82. The smallest absolute Gasteiger partial charge is 0.265 e. The number of nitrogens with one attached hydrogen (secondary N) is 1. The van der Waals surface area contributed by atoms with Gasteiger partial charge in [0.15, 0.2) is 0 Å². The molecule has 30 heavy (non-hydrogen) atoms. The van der Waals surface area contributed by atoms with Crippen LogP contribution in [0.25, 0.3) is 0 Å². The number of fused-ring (bicyclic) bond motifs is 1. The number of benzene rings is 2. The van der Waals surface area contributed by atoms with E-state index in [-0.39, 0.29) is 11.8 Å². The minimum absolute atomic E-state index is 0.222. The maximum Gasteiger partial charge on any atom is 0.265 e. The number of quaternary nitrogens is 1. The van der Waals surface area contributed by atoms with Gasteiger partial charge in [-0.05, 0) is 44.0 Å². The first kappa shape index (κ1) is 20.5. The number of hydrogen-bond donors (Lipinski definition) is 1. The van der Waals surface area contributed by atoms with E-state index in [1.165, 1.54) is 24.3 Å². The van der Waals surface area contributed by atoms with Crippen LogP contribution in [0, 0.1) is 13.8 Å². The Morgan fingerprint density at radius 3 is 2.73 bits per heavy atom. The van der Waals surface area contributed by atoms with Gasteiger partial charge < -0.3 is 4.90 Å². The molecule has 0 radical (unpaired) electrons. The molecule has 2 aromatic rings. The van der Waals surface area contributed by atoms with Crippen LogP contribution in [0.2, 0.25) is 0 Å². The summed E-state index contributed by atoms with van der Waals surface area (Å²) in [6.45, 7) is 9.20. The molecule has 0 saturated carbocycles. The Morgan fingerprint density at radius 1 is 1.17 bits per heavy atom. The largest absolute Gasteiger partial charge is 0.331 e. The zero-order chi connectivity index (χ0) is 21.3. The fourth-order valence-corrected chi connectivity index (χ4v) is 4.85. The average molecular weight is 405 g/mol. The SMILES string of the molecule is CC[NH+]1CCC[C@@H]1CN=CC1C(=O)N(c2ccc(C)cc2C)C(=O)c2ccccc21. The van der Waals surface area contributed by atoms with Crippen molar-refractivity contribution in [2.45, 2.75) is 45.6 Å². The molecule has 156 valence electrons. The summed E-state index contributed by atoms with van der Waals surface area (Å²) in [6, 6.07) is 13.7. The zero-order valence-corrected chi connectivity index (χ0v) is 18.0. The quantitative estimate of drug-likeness (QED) is 0.615. The second-order valence-electron chi connectivity index (χ2n) is 8.45. The van der Waals surface area contributed by atoms with Crippen LogP contribution in [0.1, 0.15) is 52.7 Å². The lowest BCUT2D eigenvalue weighted by Gasteiger charge is -2.32. The number of rotatable bonds is 5. The van der Waals surface area contributed by atoms with Gasteiger partial charge in [-0.2, -0.15) is 0 Å². The molecule has 2 aliphatic heterocycles. The highest BCUT2D eigenvalue weighted by atomic mass is 16.2. The Hall–Kier alpha value is -2.79. The van der Waals surface area contributed by atoms with E-state index in [0.29, 0.717) is 17.3 Å². The van der Waals surface area contributed by atoms with Crippen LogP contribution in [0.15, 0.2) is 47.5 Å². The topological polar surface area (TPSA) is 54.2 Å². The van der Waals surface area contributed by atoms with Crippen LogP contribution in [0.3, 0.4) is 0 Å². The number of carbonyl (C=O) groups excluding carboxylic acids is 2. The number of aryl methyl sites for hydroxylation is 2. The molecule has 5 heteroatoms. The van der Waals surface area contributed by atoms with Crippen molar-refractivity contribution in [1.82, 2.24) is 0 Å². The van der Waals surface area contributed by atoms with E-state index in [1.807, 2.05) is 50.2 Å². The highest BCUT2D eigenvalue weighted by Gasteiger charge is 2.39. The Labute approximate surface area is 178 Å². The number of anilines is 1. The van der Waals surface area contributed by atoms with Crippen molar-refractivity contribution < 1.29 is 14.5 Å². The number of nitrogens with zero attached hydrogens (tertiary/aromatic N) is 2. The third-order valence-corrected chi connectivity index (χ3v) is 6.47. The van der Waals surface area contributed by atoms with Crippen LogP contribution in [0.5, 0.6) is 0 Å². The fourth-order valence-electron chi connectivity index (χ4n) is 4.85. The van der Waals surface area contributed by atoms with Gasteiger partial charge in [-0.1, -0.05) is 35.9 Å². The Morgan fingerprint density at radius 2 is 1.97 bits per heavy atom. The van der Waals surface area contributed by atoms with Gasteiger partial charge in [0.05, 0.1) is 31.2 Å². The summed E-state index contributed by atoms with van der Waals surface area (Å²) in [6.07, 6.45) is 4.20. The predicted molar refractivity (Wildman–Crippen MR) is 120 cm³/mol. The molecule has 4 rings (SSSR count). The van der Waals surface area contributed by atoms with Gasteiger partial charge in [0.2, 0.25) is 5.91 Å². The summed E-state index contributed by atoms with van der Waals surface area (Å²) >= 11 is 0. The molecular weight excluding hydrogens is 374 g/mol. The van der Waals surface area contributed by atoms with Crippen LogP contribution in [-0.4, -0.2) is 43.7 Å². The molecule has 3 atom stereocenters. The summed E-state index contributed by atoms with van der Waals surface area (Å²) in [5.41, 5.74) is 4.01. The van der Waals surface area contributed by atoms with Gasteiger partial charge in [-0.15, -0.1) is 0 Å². The van der Waals surface area contributed by atoms with Gasteiger partial charge >= 0.3 is 0 Å². The second kappa shape index (κ2) is 8.52. The van der Waals surface area contributed by atoms with Gasteiger partial charge in [0.1, 0.15) is 6.04 Å². The third kappa shape index (κ3) is 3.70. The number of carbonyl (C=O) groups is 2. The molecule has 2 aromatic carbocycles. The van der Waals surface area contributed by atoms with Gasteiger partial charge in [-0.25, -0.2) is 4.90 Å². The molecule has 0 aromatic heterocycles. The molecular formula is C25H30N3O2+. The first-order chi connectivity index (χ1) is 14.5. The molecule has 2 amide bonds. The standard InChI is InChI=1S/C25H29N3O2/c1-4-27-13-7-8-19(27)15-26-16-22-20-9-5-6-10-21(20)24(29)28(25(22)30)23-12-11-17(2)14-18(23)3/h5-6,9-12,14,16,19,22H,4,7-8,13,15H2,1-3H3/p+1/t19-,22?/m1/s1. The van der Waals surface area contributed by atoms with Crippen LogP contribution >= 0.6 is 0 Å². The third-order valence-electron chi connectivity index (χ3n) is 6.47. The average Bonchev–Trinajstić information content (AvgIpc) is 3.19. The monoisotopic (exact) mass is 404 g/mol. The minimum Gasteiger partial charge on any atom is -0.331 e. The minimum atomic E-state index is -0.536. The second-order valence-corrected chi connectivity index (χ2v) is 8.45. The Bertz CT molecular complexity index is 998. The van der Waals surface area contributed by atoms with Crippen LogP contribution in [-0.2, 0) is 4.79 Å². The first-order valence-electron chi connectivity index (χ1n) is 10.9. The van der Waals surface area contributed by atoms with Crippen molar-refractivity contribution in [1.29, 1.82) is 0 Å². The highest BCUT2D eigenvalue weighted by molar-refractivity contribution is 6.29. The van der Waals surface area contributed by atoms with Crippen LogP contribution in [0.4, 0.5) is 5.69 Å². The zero-order valence-electron chi connectivity index (χ0n) is 18.0. The lowest BCUT2D eigenvalue weighted by atomic mass is 9.88. The maximum absolute atomic E-state index is 13.5. The molecule has 1 saturated heterocycles. The van der Waals surface area contributed by atoms with Gasteiger partial charge in [0, 0.05) is 24.6 Å². The molecule has 0 aliphatic carbocycles. The molecule has 2 heterocycles. The number of likely N-dealkylation sites (tertiary alicyclic amines) is 1. The summed E-state index contributed by atoms with van der Waals surface area (Å²) < 4.78 is 0. The molecule has 5 nitrogen and oxygen atoms in total. The highest BCUT2D eigenvalue weighted by Crippen LogP contribution is 2.33. The number of amides is 2. The van der Waals surface area contributed by atoms with E-state index in [1.54, 1.807) is 17.2 Å².